The summed E-state index contributed by atoms with van der Waals surface area (Å²) in [5.41, 5.74) is 1.64. The molecule has 1 N–H and O–H groups in total. The zero-order valence-electron chi connectivity index (χ0n) is 10.7. The van der Waals surface area contributed by atoms with Crippen LogP contribution in [0.4, 0.5) is 0 Å². The minimum atomic E-state index is -0.955. The summed E-state index contributed by atoms with van der Waals surface area (Å²) in [5.74, 6) is -0.419. The molecule has 0 saturated carbocycles. The molecule has 0 spiro atoms. The lowest BCUT2D eigenvalue weighted by Crippen LogP contribution is -2.26. The number of ether oxygens (including phenoxy) is 1. The number of benzene rings is 1. The van der Waals surface area contributed by atoms with Crippen LogP contribution in [-0.2, 0) is 32.5 Å². The predicted molar refractivity (Wildman–Crippen MR) is 73.5 cm³/mol. The van der Waals surface area contributed by atoms with Crippen molar-refractivity contribution in [3.8, 4) is 0 Å². The number of carboxylic acids is 1. The average molecular weight is 282 g/mol. The molecular weight excluding hydrogens is 264 g/mol. The molecule has 104 valence electrons. The second-order valence-electron chi connectivity index (χ2n) is 4.68. The molecule has 2 rings (SSSR count). The Balaban J connectivity index is 2.05. The maximum absolute atomic E-state index is 12.3. The van der Waals surface area contributed by atoms with E-state index in [1.165, 1.54) is 0 Å². The van der Waals surface area contributed by atoms with Gasteiger partial charge in [0, 0.05) is 35.0 Å². The van der Waals surface area contributed by atoms with Crippen molar-refractivity contribution >= 4 is 16.8 Å². The first-order valence-electron chi connectivity index (χ1n) is 6.40. The van der Waals surface area contributed by atoms with Crippen molar-refractivity contribution in [1.29, 1.82) is 0 Å². The van der Waals surface area contributed by atoms with Crippen molar-refractivity contribution in [2.24, 2.45) is 0 Å². The van der Waals surface area contributed by atoms with E-state index in [0.717, 1.165) is 24.0 Å². The van der Waals surface area contributed by atoms with E-state index in [-0.39, 0.29) is 11.7 Å². The lowest BCUT2D eigenvalue weighted by atomic mass is 10.1. The molecule has 1 fully saturated rings. The van der Waals surface area contributed by atoms with Crippen LogP contribution in [0.3, 0.4) is 0 Å². The highest BCUT2D eigenvalue weighted by atomic mass is 32.2. The minimum Gasteiger partial charge on any atom is -0.481 e. The molecule has 1 aliphatic rings. The zero-order valence-corrected chi connectivity index (χ0v) is 11.5. The average Bonchev–Trinajstić information content (AvgIpc) is 2.41. The second kappa shape index (κ2) is 6.82. The Morgan fingerprint density at radius 3 is 2.53 bits per heavy atom. The van der Waals surface area contributed by atoms with Gasteiger partial charge in [0.1, 0.15) is 0 Å². The van der Waals surface area contributed by atoms with E-state index in [9.17, 15) is 9.00 Å². The first-order chi connectivity index (χ1) is 9.16. The Labute approximate surface area is 115 Å². The Bertz CT molecular complexity index is 466. The SMILES string of the molecule is O=C(O)Cc1ccccc1CS(=O)C1CCOCC1. The molecular formula is C14H18O4S. The van der Waals surface area contributed by atoms with Gasteiger partial charge in [-0.05, 0) is 24.0 Å². The van der Waals surface area contributed by atoms with Crippen LogP contribution in [-0.4, -0.2) is 33.7 Å². The quantitative estimate of drug-likeness (QED) is 0.893. The van der Waals surface area contributed by atoms with Gasteiger partial charge in [0.25, 0.3) is 0 Å². The van der Waals surface area contributed by atoms with Gasteiger partial charge in [0.15, 0.2) is 0 Å². The topological polar surface area (TPSA) is 63.6 Å². The number of carboxylic acid groups (broad SMARTS) is 1. The second-order valence-corrected chi connectivity index (χ2v) is 6.39. The lowest BCUT2D eigenvalue weighted by molar-refractivity contribution is -0.136. The first kappa shape index (κ1) is 14.2. The molecule has 0 aromatic heterocycles. The highest BCUT2D eigenvalue weighted by molar-refractivity contribution is 7.84. The van der Waals surface area contributed by atoms with Crippen LogP contribution in [0.5, 0.6) is 0 Å². The number of aliphatic carboxylic acids is 1. The van der Waals surface area contributed by atoms with Gasteiger partial charge in [-0.1, -0.05) is 24.3 Å². The molecule has 0 bridgehead atoms. The standard InChI is InChI=1S/C14H18O4S/c15-14(16)9-11-3-1-2-4-12(11)10-19(17)13-5-7-18-8-6-13/h1-4,13H,5-10H2,(H,15,16). The van der Waals surface area contributed by atoms with Crippen LogP contribution in [0, 0.1) is 0 Å². The van der Waals surface area contributed by atoms with Gasteiger partial charge in [-0.2, -0.15) is 0 Å². The minimum absolute atomic E-state index is 0.0127. The van der Waals surface area contributed by atoms with Crippen molar-refractivity contribution in [2.45, 2.75) is 30.3 Å². The molecule has 1 heterocycles. The molecule has 1 unspecified atom stereocenters. The van der Waals surface area contributed by atoms with Crippen molar-refractivity contribution in [3.63, 3.8) is 0 Å². The Hall–Kier alpha value is -1.20. The van der Waals surface area contributed by atoms with Gasteiger partial charge in [0.2, 0.25) is 0 Å². The van der Waals surface area contributed by atoms with Crippen LogP contribution in [0.15, 0.2) is 24.3 Å². The molecule has 0 amide bonds. The summed E-state index contributed by atoms with van der Waals surface area (Å²) >= 11 is 0. The van der Waals surface area contributed by atoms with Crippen molar-refractivity contribution < 1.29 is 18.8 Å². The summed E-state index contributed by atoms with van der Waals surface area (Å²) in [5, 5.41) is 9.05. The van der Waals surface area contributed by atoms with Gasteiger partial charge >= 0.3 is 5.97 Å². The van der Waals surface area contributed by atoms with Crippen LogP contribution in [0.2, 0.25) is 0 Å². The molecule has 1 aliphatic heterocycles. The fourth-order valence-corrected chi connectivity index (χ4v) is 3.79. The maximum atomic E-state index is 12.3. The number of carbonyl (C=O) groups is 1. The molecule has 1 atom stereocenters. The Kier molecular flexibility index (Phi) is 5.10. The van der Waals surface area contributed by atoms with Gasteiger partial charge in [-0.25, -0.2) is 0 Å². The monoisotopic (exact) mass is 282 g/mol. The summed E-state index contributed by atoms with van der Waals surface area (Å²) < 4.78 is 17.6. The van der Waals surface area contributed by atoms with Crippen molar-refractivity contribution in [1.82, 2.24) is 0 Å². The largest absolute Gasteiger partial charge is 0.481 e. The van der Waals surface area contributed by atoms with E-state index in [1.54, 1.807) is 6.07 Å². The van der Waals surface area contributed by atoms with Crippen molar-refractivity contribution in [3.05, 3.63) is 35.4 Å². The van der Waals surface area contributed by atoms with Crippen molar-refractivity contribution in [2.75, 3.05) is 13.2 Å². The molecule has 0 radical (unpaired) electrons. The third-order valence-electron chi connectivity index (χ3n) is 3.30. The molecule has 1 aromatic carbocycles. The molecule has 1 saturated heterocycles. The molecule has 0 aliphatic carbocycles. The summed E-state index contributed by atoms with van der Waals surface area (Å²) in [6, 6.07) is 7.35. The van der Waals surface area contributed by atoms with Crippen LogP contribution in [0.1, 0.15) is 24.0 Å². The highest BCUT2D eigenvalue weighted by Crippen LogP contribution is 2.19. The van der Waals surface area contributed by atoms with Gasteiger partial charge in [-0.15, -0.1) is 0 Å². The summed E-state index contributed by atoms with van der Waals surface area (Å²) in [6.45, 7) is 1.35. The van der Waals surface area contributed by atoms with E-state index in [2.05, 4.69) is 0 Å². The number of hydrogen-bond donors (Lipinski definition) is 1. The third-order valence-corrected chi connectivity index (χ3v) is 5.11. The fraction of sp³-hybridized carbons (Fsp3) is 0.500. The molecule has 1 aromatic rings. The van der Waals surface area contributed by atoms with E-state index in [0.29, 0.717) is 19.0 Å². The van der Waals surface area contributed by atoms with Gasteiger partial charge in [-0.3, -0.25) is 9.00 Å². The number of rotatable bonds is 5. The summed E-state index contributed by atoms with van der Waals surface area (Å²) in [6.07, 6.45) is 1.64. The van der Waals surface area contributed by atoms with E-state index in [1.807, 2.05) is 18.2 Å². The van der Waals surface area contributed by atoms with Crippen LogP contribution < -0.4 is 0 Å². The normalized spacial score (nSPS) is 18.1. The van der Waals surface area contributed by atoms with Crippen LogP contribution >= 0.6 is 0 Å². The highest BCUT2D eigenvalue weighted by Gasteiger charge is 2.21. The fourth-order valence-electron chi connectivity index (χ4n) is 2.24. The summed E-state index contributed by atoms with van der Waals surface area (Å²) in [7, 11) is -0.955. The van der Waals surface area contributed by atoms with Gasteiger partial charge < -0.3 is 9.84 Å². The van der Waals surface area contributed by atoms with E-state index < -0.39 is 16.8 Å². The van der Waals surface area contributed by atoms with Gasteiger partial charge in [0.05, 0.1) is 6.42 Å². The summed E-state index contributed by atoms with van der Waals surface area (Å²) in [4.78, 5) is 10.8. The molecule has 19 heavy (non-hydrogen) atoms. The van der Waals surface area contributed by atoms with E-state index >= 15 is 0 Å². The Morgan fingerprint density at radius 2 is 1.89 bits per heavy atom. The smallest absolute Gasteiger partial charge is 0.307 e. The molecule has 4 nitrogen and oxygen atoms in total. The number of hydrogen-bond acceptors (Lipinski definition) is 3. The first-order valence-corrected chi connectivity index (χ1v) is 7.78. The van der Waals surface area contributed by atoms with Crippen LogP contribution in [0.25, 0.3) is 0 Å². The predicted octanol–water partition coefficient (Wildman–Crippen LogP) is 1.74. The maximum Gasteiger partial charge on any atom is 0.307 e. The molecule has 5 heteroatoms. The zero-order chi connectivity index (χ0) is 13.7. The Morgan fingerprint density at radius 1 is 1.26 bits per heavy atom. The van der Waals surface area contributed by atoms with E-state index in [4.69, 9.17) is 9.84 Å². The lowest BCUT2D eigenvalue weighted by Gasteiger charge is -2.21. The third kappa shape index (κ3) is 4.14.